The van der Waals surface area contributed by atoms with E-state index >= 15 is 0 Å². The molecule has 0 saturated heterocycles. The molecule has 0 aromatic heterocycles. The van der Waals surface area contributed by atoms with Crippen molar-refractivity contribution < 1.29 is 231 Å². The van der Waals surface area contributed by atoms with Crippen molar-refractivity contribution in [3.8, 4) is 36.0 Å². The van der Waals surface area contributed by atoms with Crippen LogP contribution in [0, 0.1) is 36.0 Å². The Hall–Kier alpha value is -2.68. The van der Waals surface area contributed by atoms with Crippen molar-refractivity contribution in [3.05, 3.63) is 200 Å². The summed E-state index contributed by atoms with van der Waals surface area (Å²) < 4.78 is 90.8. The number of halogens is 11. The van der Waals surface area contributed by atoms with E-state index in [0.717, 1.165) is 92.6 Å². The molecule has 5 unspecified atom stereocenters. The molecule has 5 rings (SSSR count). The minimum absolute atomic E-state index is 0. The molecule has 0 radical (unpaired) electrons. The van der Waals surface area contributed by atoms with E-state index in [0.29, 0.717) is 56.1 Å². The van der Waals surface area contributed by atoms with Gasteiger partial charge in [0.25, 0.3) is 6.47 Å². The summed E-state index contributed by atoms with van der Waals surface area (Å²) in [6.45, 7) is 12.3. The predicted molar refractivity (Wildman–Crippen MR) is 430 cm³/mol. The normalized spacial score (nSPS) is 11.7. The number of rotatable bonds is 33. The van der Waals surface area contributed by atoms with Crippen LogP contribution in [0.4, 0.5) is 30.7 Å². The molecule has 0 fully saturated rings. The molecule has 34 heteroatoms. The van der Waals surface area contributed by atoms with E-state index in [1.165, 1.54) is 4.91 Å². The summed E-state index contributed by atoms with van der Waals surface area (Å²) in [6, 6.07) is 37.4. The third-order valence-corrected chi connectivity index (χ3v) is 16.7. The second kappa shape index (κ2) is 75.3. The summed E-state index contributed by atoms with van der Waals surface area (Å²) in [6.07, 6.45) is 1.42. The number of aliphatic hydroxyl groups excluding tert-OH is 5. The summed E-state index contributed by atoms with van der Waals surface area (Å²) >= 11 is 15.4. The molecule has 0 aliphatic heterocycles. The van der Waals surface area contributed by atoms with Gasteiger partial charge in [-0.2, -0.15) is 26.3 Å². The third kappa shape index (κ3) is 68.0. The Morgan fingerprint density at radius 2 is 0.851 bits per heavy atom. The van der Waals surface area contributed by atoms with Crippen molar-refractivity contribution in [2.45, 2.75) is 236 Å². The number of hydrogen-bond acceptors (Lipinski definition) is 15. The molecule has 0 aliphatic rings. The number of carbonyl (C=O) groups excluding carboxylic acids is 3. The third-order valence-electron chi connectivity index (χ3n) is 14.9. The minimum Gasteiger partial charge on any atom is -1.00 e. The number of carbonyl (C=O) groups is 3. The number of nitrogens with zero attached hydrogens (tertiary/aromatic N) is 6. The van der Waals surface area contributed by atoms with Gasteiger partial charge in [0.1, 0.15) is 16.8 Å². The molecule has 0 heterocycles. The fraction of sp³-hybridized carbons (Fsp3) is 0.512. The molecule has 0 spiro atoms. The SMILES string of the molecule is C#CC(O)(CCC)CCC.CCCC(O)(C#Cc1cccc(CC(O)CCC(=O)C(F)(F)F)c1)CCC.CCCC(O)(C#Cc1cccc(CC(O)CN)c1)CCC.O=C(CCC(O)Cc1cccc(Br)c1)C(F)(F)F.O=CO[O-].OC(CCl)Cc1cccc(Br)c1.[2H]CF.[H-].[K+].[K+].[N-]=[N+]=NCC(O)Cc1cccc(Br)c1.[N-]=[N+]=[N-].[Na+]. The van der Waals surface area contributed by atoms with Crippen molar-refractivity contribution in [1.82, 2.24) is 0 Å². The number of ketones is 2. The fourth-order valence-electron chi connectivity index (χ4n) is 9.95. The van der Waals surface area contributed by atoms with Gasteiger partial charge in [0, 0.05) is 54.7 Å². The first kappa shape index (κ1) is 122. The number of hydrogen-bond donors (Lipinski definition) is 9. The Labute approximate surface area is 807 Å². The van der Waals surface area contributed by atoms with Crippen LogP contribution in [-0.4, -0.2) is 145 Å². The zero-order valence-electron chi connectivity index (χ0n) is 68.3. The molecule has 5 aromatic carbocycles. The molecule has 20 nitrogen and oxygen atoms in total. The first-order valence-corrected chi connectivity index (χ1v) is 38.2. The maximum atomic E-state index is 12.2. The first-order valence-electron chi connectivity index (χ1n) is 36.0. The van der Waals surface area contributed by atoms with E-state index in [1.54, 1.807) is 42.5 Å². The van der Waals surface area contributed by atoms with Crippen LogP contribution in [0.3, 0.4) is 0 Å². The quantitative estimate of drug-likeness (QED) is 0.00184. The van der Waals surface area contributed by atoms with Crippen molar-refractivity contribution >= 4 is 77.4 Å². The van der Waals surface area contributed by atoms with Gasteiger partial charge in [0.15, 0.2) is 0 Å². The Kier molecular flexibility index (Phi) is 80.7. The van der Waals surface area contributed by atoms with Crippen molar-refractivity contribution in [2.75, 3.05) is 26.1 Å². The van der Waals surface area contributed by atoms with Gasteiger partial charge in [0.2, 0.25) is 11.6 Å². The van der Waals surface area contributed by atoms with E-state index in [2.05, 4.69) is 106 Å². The van der Waals surface area contributed by atoms with Crippen LogP contribution in [0.25, 0.3) is 26.4 Å². The largest absolute Gasteiger partial charge is 1.00 e. The first-order chi connectivity index (χ1) is 52.8. The summed E-state index contributed by atoms with van der Waals surface area (Å²) in [5.41, 5.74) is 30.4. The number of nitrogens with two attached hydrogens (primary N) is 1. The van der Waals surface area contributed by atoms with Crippen molar-refractivity contribution in [2.24, 2.45) is 10.8 Å². The van der Waals surface area contributed by atoms with Crippen LogP contribution in [0.15, 0.2) is 140 Å². The Balaban J connectivity index is -0.000000199. The number of aliphatic hydroxyl groups is 8. The van der Waals surface area contributed by atoms with Crippen molar-refractivity contribution in [1.29, 1.82) is 0 Å². The second-order valence-electron chi connectivity index (χ2n) is 24.8. The van der Waals surface area contributed by atoms with Gasteiger partial charge in [-0.25, -0.2) is 0 Å². The van der Waals surface area contributed by atoms with Gasteiger partial charge >= 0.3 is 145 Å². The van der Waals surface area contributed by atoms with Gasteiger partial charge in [-0.1, -0.05) is 223 Å². The number of benzene rings is 5. The molecule has 620 valence electrons. The molecule has 5 aromatic rings. The number of azide groups is 1. The Morgan fingerprint density at radius 3 is 1.11 bits per heavy atom. The number of terminal acetylenes is 1. The molecule has 0 aliphatic carbocycles. The van der Waals surface area contributed by atoms with Crippen LogP contribution in [-0.2, 0) is 51.4 Å². The van der Waals surface area contributed by atoms with E-state index in [1.807, 2.05) is 107 Å². The van der Waals surface area contributed by atoms with Gasteiger partial charge in [-0.05, 0) is 177 Å². The second-order valence-corrected chi connectivity index (χ2v) is 27.9. The number of Topliss-reactive ketones (excluding diaryl/α,β-unsaturated/α-hetero) is 2. The summed E-state index contributed by atoms with van der Waals surface area (Å²) in [5, 5.41) is 90.1. The Bertz CT molecular complexity index is 3660. The average molecular weight is 1890 g/mol. The predicted octanol–water partition coefficient (Wildman–Crippen LogP) is 7.90. The van der Waals surface area contributed by atoms with Crippen LogP contribution in [0.1, 0.15) is 186 Å². The molecule has 0 bridgehead atoms. The van der Waals surface area contributed by atoms with Crippen molar-refractivity contribution in [3.63, 3.8) is 0 Å². The Morgan fingerprint density at radius 1 is 0.579 bits per heavy atom. The van der Waals surface area contributed by atoms with E-state index in [9.17, 15) is 81.2 Å². The maximum absolute atomic E-state index is 12.2. The average Bonchev–Trinajstić information content (AvgIpc) is 0.872. The van der Waals surface area contributed by atoms with Crippen LogP contribution < -0.4 is 143 Å². The smallest absolute Gasteiger partial charge is 1.00 e. The minimum atomic E-state index is -4.86. The van der Waals surface area contributed by atoms with E-state index in [4.69, 9.17) is 51.8 Å². The van der Waals surface area contributed by atoms with Gasteiger partial charge in [-0.15, -0.1) is 18.0 Å². The molecule has 0 amide bonds. The summed E-state index contributed by atoms with van der Waals surface area (Å²) in [7, 11) is -1.00. The van der Waals surface area contributed by atoms with E-state index in [-0.39, 0.29) is 185 Å². The molecule has 5 atom stereocenters. The number of alkyl halides is 8. The van der Waals surface area contributed by atoms with Gasteiger partial charge < -0.3 is 69.2 Å². The molecular weight excluding hydrogens is 1780 g/mol. The fourth-order valence-corrected chi connectivity index (χ4v) is 11.4. The molecule has 10 N–H and O–H groups in total. The maximum Gasteiger partial charge on any atom is 1.00 e. The standard InChI is InChI=1S/C21H27F3O3.C18H27NO2.C12H12BrF3O2.C9H10BrClO.C9H10BrN3O.C9H16O.CH3F.CH2O3.2K.N3.Na.H/c1-3-11-20(27,12-4-2)13-10-16-6-5-7-17(14-16)15-18(25)8-9-19(26)21(22,23)24;1-3-9-18(21,10-4-2)11-8-15-6-5-7-16(12-15)13-17(20)14-19;13-9-3-1-2-8(6-9)7-10(17)4-5-11(18)12(14,15)16;10-8-3-1-2-7(4-8)5-9(12)6-11;10-8-3-1-2-7(4-8)5-9(14)6-12-13-11;1-4-7-9(10,6-3)8-5-2;1-2;2-1-4-3;;;1-3-2;;/h5-7,14,18,25,27H,3-4,8-9,11-12,15H2,1-2H3;5-7,12,17,20-21H,3-4,9-10,13-14,19H2,1-2H3;1-3,6,10,17H,4-5,7H2;1-4,9,12H,5-6H2;1-4,9,14H,5-6H2;3,10H,4-5,7-8H2,1-2H3;1H3;1,3H;;;;;/q;;;;;;;;2*+1;-1;+1;-1/p-1/i;;;;;;1D;;;;;;. The monoisotopic (exact) mass is 1880 g/mol. The molecular formula is C80H107Br3ClF7K2N7NaO13. The van der Waals surface area contributed by atoms with Crippen LogP contribution >= 0.6 is 59.4 Å². The topological polar surface area (TPSA) is 379 Å². The zero-order chi connectivity index (χ0) is 86.2. The van der Waals surface area contributed by atoms with Crippen LogP contribution in [0.2, 0.25) is 0 Å². The van der Waals surface area contributed by atoms with Gasteiger partial charge in [0.05, 0.1) is 45.6 Å². The summed E-state index contributed by atoms with van der Waals surface area (Å²) in [5.74, 6) is 11.1. The van der Waals surface area contributed by atoms with Crippen LogP contribution in [0.5, 0.6) is 0 Å². The van der Waals surface area contributed by atoms with E-state index < -0.39 is 91.2 Å². The molecule has 0 saturated carbocycles. The van der Waals surface area contributed by atoms with Gasteiger partial charge in [-0.3, -0.25) is 23.7 Å². The molecule has 114 heavy (non-hydrogen) atoms. The summed E-state index contributed by atoms with van der Waals surface area (Å²) in [4.78, 5) is 36.9. The zero-order valence-corrected chi connectivity index (χ0v) is 80.1.